The predicted octanol–water partition coefficient (Wildman–Crippen LogP) is 2.39. The summed E-state index contributed by atoms with van der Waals surface area (Å²) in [6.45, 7) is 7.04. The van der Waals surface area contributed by atoms with Crippen molar-refractivity contribution < 1.29 is 4.79 Å². The normalized spacial score (nSPS) is 21.9. The molecule has 0 saturated carbocycles. The number of aromatic nitrogens is 2. The third-order valence-electron chi connectivity index (χ3n) is 6.33. The van der Waals surface area contributed by atoms with Gasteiger partial charge in [0.25, 0.3) is 0 Å². The molecular weight excluding hydrogens is 338 g/mol. The van der Waals surface area contributed by atoms with Crippen LogP contribution < -0.4 is 10.2 Å². The van der Waals surface area contributed by atoms with Crippen LogP contribution in [0.3, 0.4) is 0 Å². The van der Waals surface area contributed by atoms with E-state index in [2.05, 4.69) is 45.8 Å². The number of hydrogen-bond donors (Lipinski definition) is 1. The molecule has 1 amide bonds. The molecule has 1 N–H and O–H groups in total. The fourth-order valence-corrected chi connectivity index (χ4v) is 4.66. The summed E-state index contributed by atoms with van der Waals surface area (Å²) in [7, 11) is 2.07. The second kappa shape index (κ2) is 7.89. The summed E-state index contributed by atoms with van der Waals surface area (Å²) < 4.78 is 2.16. The molecule has 0 radical (unpaired) electrons. The van der Waals surface area contributed by atoms with Crippen molar-refractivity contribution in [2.24, 2.45) is 13.0 Å². The second-order valence-corrected chi connectivity index (χ2v) is 7.89. The van der Waals surface area contributed by atoms with Gasteiger partial charge in [0.15, 0.2) is 0 Å². The van der Waals surface area contributed by atoms with Crippen LogP contribution in [0.25, 0.3) is 11.0 Å². The maximum Gasteiger partial charge on any atom is 0.223 e. The average Bonchev–Trinajstić information content (AvgIpc) is 3.30. The molecule has 6 nitrogen and oxygen atoms in total. The summed E-state index contributed by atoms with van der Waals surface area (Å²) in [6.07, 6.45) is 4.26. The number of nitrogens with one attached hydrogen (secondary N) is 1. The van der Waals surface area contributed by atoms with Crippen molar-refractivity contribution >= 4 is 22.9 Å². The van der Waals surface area contributed by atoms with Gasteiger partial charge in [-0.15, -0.1) is 0 Å². The third kappa shape index (κ3) is 3.68. The van der Waals surface area contributed by atoms with Crippen LogP contribution in [0, 0.1) is 5.92 Å². The zero-order chi connectivity index (χ0) is 18.8. The van der Waals surface area contributed by atoms with Gasteiger partial charge in [0.2, 0.25) is 11.9 Å². The molecule has 0 spiro atoms. The van der Waals surface area contributed by atoms with E-state index in [1.54, 1.807) is 0 Å². The zero-order valence-electron chi connectivity index (χ0n) is 16.5. The van der Waals surface area contributed by atoms with E-state index in [0.29, 0.717) is 6.04 Å². The standard InChI is InChI=1S/C21H31N5O/c1-3-25-12-6-7-17(25)15-22-20(27)16-10-13-26(14-11-16)21-23-18-8-4-5-9-19(18)24(21)2/h4-5,8-9,16-17H,3,6-7,10-15H2,1-2H3,(H,22,27). The van der Waals surface area contributed by atoms with Crippen LogP contribution in [0.15, 0.2) is 24.3 Å². The number of likely N-dealkylation sites (N-methyl/N-ethyl adjacent to an activating group) is 1. The molecule has 3 heterocycles. The van der Waals surface area contributed by atoms with Gasteiger partial charge in [-0.05, 0) is 50.9 Å². The highest BCUT2D eigenvalue weighted by Crippen LogP contribution is 2.26. The SMILES string of the molecule is CCN1CCCC1CNC(=O)C1CCN(c2nc3ccccc3n2C)CC1. The Balaban J connectivity index is 1.31. The van der Waals surface area contributed by atoms with Gasteiger partial charge in [-0.3, -0.25) is 9.69 Å². The van der Waals surface area contributed by atoms with E-state index in [9.17, 15) is 4.79 Å². The molecule has 2 aliphatic rings. The van der Waals surface area contributed by atoms with Crippen LogP contribution in [-0.4, -0.2) is 59.1 Å². The van der Waals surface area contributed by atoms with E-state index in [0.717, 1.165) is 56.0 Å². The fraction of sp³-hybridized carbons (Fsp3) is 0.619. The largest absolute Gasteiger partial charge is 0.354 e. The highest BCUT2D eigenvalue weighted by Gasteiger charge is 2.29. The molecule has 1 aromatic carbocycles. The number of fused-ring (bicyclic) bond motifs is 1. The Morgan fingerprint density at radius 2 is 1.96 bits per heavy atom. The number of carbonyl (C=O) groups excluding carboxylic acids is 1. The van der Waals surface area contributed by atoms with Crippen molar-refractivity contribution in [3.63, 3.8) is 0 Å². The van der Waals surface area contributed by atoms with Gasteiger partial charge in [-0.25, -0.2) is 4.98 Å². The molecule has 4 rings (SSSR count). The Morgan fingerprint density at radius 1 is 1.19 bits per heavy atom. The van der Waals surface area contributed by atoms with Crippen LogP contribution in [0.1, 0.15) is 32.6 Å². The highest BCUT2D eigenvalue weighted by molar-refractivity contribution is 5.80. The summed E-state index contributed by atoms with van der Waals surface area (Å²) in [5.41, 5.74) is 2.19. The predicted molar refractivity (Wildman–Crippen MR) is 109 cm³/mol. The molecule has 1 aromatic heterocycles. The Hall–Kier alpha value is -2.08. The van der Waals surface area contributed by atoms with Crippen molar-refractivity contribution in [3.8, 4) is 0 Å². The third-order valence-corrected chi connectivity index (χ3v) is 6.33. The first-order valence-corrected chi connectivity index (χ1v) is 10.4. The monoisotopic (exact) mass is 369 g/mol. The number of imidazole rings is 1. The highest BCUT2D eigenvalue weighted by atomic mass is 16.1. The number of rotatable bonds is 5. The van der Waals surface area contributed by atoms with E-state index in [1.165, 1.54) is 19.4 Å². The lowest BCUT2D eigenvalue weighted by Crippen LogP contribution is -2.45. The lowest BCUT2D eigenvalue weighted by Gasteiger charge is -2.32. The van der Waals surface area contributed by atoms with Crippen LogP contribution in [0.4, 0.5) is 5.95 Å². The summed E-state index contributed by atoms with van der Waals surface area (Å²) in [4.78, 5) is 22.2. The summed E-state index contributed by atoms with van der Waals surface area (Å²) in [5.74, 6) is 1.38. The first-order chi connectivity index (χ1) is 13.2. The van der Waals surface area contributed by atoms with Crippen molar-refractivity contribution in [2.45, 2.75) is 38.6 Å². The second-order valence-electron chi connectivity index (χ2n) is 7.89. The number of nitrogens with zero attached hydrogens (tertiary/aromatic N) is 4. The molecule has 1 atom stereocenters. The van der Waals surface area contributed by atoms with Gasteiger partial charge in [0, 0.05) is 38.6 Å². The number of hydrogen-bond acceptors (Lipinski definition) is 4. The van der Waals surface area contributed by atoms with Gasteiger partial charge in [-0.2, -0.15) is 0 Å². The van der Waals surface area contributed by atoms with Crippen LogP contribution in [-0.2, 0) is 11.8 Å². The minimum atomic E-state index is 0.132. The van der Waals surface area contributed by atoms with Crippen molar-refractivity contribution in [1.82, 2.24) is 19.8 Å². The number of amides is 1. The van der Waals surface area contributed by atoms with Gasteiger partial charge in [-0.1, -0.05) is 19.1 Å². The molecule has 0 bridgehead atoms. The van der Waals surface area contributed by atoms with Crippen molar-refractivity contribution in [3.05, 3.63) is 24.3 Å². The summed E-state index contributed by atoms with van der Waals surface area (Å²) in [6, 6.07) is 8.77. The molecule has 2 saturated heterocycles. The van der Waals surface area contributed by atoms with Gasteiger partial charge in [0.05, 0.1) is 11.0 Å². The van der Waals surface area contributed by atoms with E-state index < -0.39 is 0 Å². The average molecular weight is 370 g/mol. The molecular formula is C21H31N5O. The molecule has 27 heavy (non-hydrogen) atoms. The number of piperidine rings is 1. The first kappa shape index (κ1) is 18.3. The van der Waals surface area contributed by atoms with Crippen LogP contribution in [0.2, 0.25) is 0 Å². The quantitative estimate of drug-likeness (QED) is 0.879. The van der Waals surface area contributed by atoms with E-state index in [-0.39, 0.29) is 11.8 Å². The molecule has 2 aromatic rings. The van der Waals surface area contributed by atoms with Crippen molar-refractivity contribution in [1.29, 1.82) is 0 Å². The van der Waals surface area contributed by atoms with E-state index >= 15 is 0 Å². The fourth-order valence-electron chi connectivity index (χ4n) is 4.66. The Bertz CT molecular complexity index is 793. The first-order valence-electron chi connectivity index (χ1n) is 10.4. The van der Waals surface area contributed by atoms with E-state index in [1.807, 2.05) is 12.1 Å². The minimum Gasteiger partial charge on any atom is -0.354 e. The number of anilines is 1. The topological polar surface area (TPSA) is 53.4 Å². The van der Waals surface area contributed by atoms with Crippen molar-refractivity contribution in [2.75, 3.05) is 37.6 Å². The number of aryl methyl sites for hydroxylation is 1. The van der Waals surface area contributed by atoms with Crippen LogP contribution in [0.5, 0.6) is 0 Å². The van der Waals surface area contributed by atoms with E-state index in [4.69, 9.17) is 4.98 Å². The molecule has 0 aliphatic carbocycles. The molecule has 1 unspecified atom stereocenters. The number of benzene rings is 1. The number of likely N-dealkylation sites (tertiary alicyclic amines) is 1. The lowest BCUT2D eigenvalue weighted by atomic mass is 9.96. The maximum absolute atomic E-state index is 12.6. The maximum atomic E-state index is 12.6. The Labute approximate surface area is 161 Å². The smallest absolute Gasteiger partial charge is 0.223 e. The number of carbonyl (C=O) groups is 1. The van der Waals surface area contributed by atoms with Crippen LogP contribution >= 0.6 is 0 Å². The van der Waals surface area contributed by atoms with Gasteiger partial charge < -0.3 is 14.8 Å². The zero-order valence-corrected chi connectivity index (χ0v) is 16.5. The molecule has 2 fully saturated rings. The molecule has 6 heteroatoms. The van der Waals surface area contributed by atoms with Gasteiger partial charge >= 0.3 is 0 Å². The summed E-state index contributed by atoms with van der Waals surface area (Å²) >= 11 is 0. The summed E-state index contributed by atoms with van der Waals surface area (Å²) in [5, 5.41) is 3.23. The molecule has 2 aliphatic heterocycles. The minimum absolute atomic E-state index is 0.132. The molecule has 146 valence electrons. The number of para-hydroxylation sites is 2. The lowest BCUT2D eigenvalue weighted by molar-refractivity contribution is -0.125. The Morgan fingerprint density at radius 3 is 2.70 bits per heavy atom. The van der Waals surface area contributed by atoms with Gasteiger partial charge in [0.1, 0.15) is 0 Å². The Kier molecular flexibility index (Phi) is 5.34.